The zero-order chi connectivity index (χ0) is 18.7. The van der Waals surface area contributed by atoms with Gasteiger partial charge in [0.05, 0.1) is 18.5 Å². The van der Waals surface area contributed by atoms with Gasteiger partial charge in [-0.05, 0) is 47.0 Å². The molecule has 0 bridgehead atoms. The Morgan fingerprint density at radius 2 is 1.69 bits per heavy atom. The SMILES string of the molecule is CS(=O)(=O)N(Cc1cccnc1)c1ccc(-c2ccc(F)cc2)cc1F. The molecule has 1 heterocycles. The van der Waals surface area contributed by atoms with Crippen molar-refractivity contribution in [3.05, 3.63) is 84.2 Å². The van der Waals surface area contributed by atoms with Gasteiger partial charge in [0.15, 0.2) is 0 Å². The predicted molar refractivity (Wildman–Crippen MR) is 97.1 cm³/mol. The molecular formula is C19H16F2N2O2S. The highest BCUT2D eigenvalue weighted by molar-refractivity contribution is 7.92. The van der Waals surface area contributed by atoms with Gasteiger partial charge < -0.3 is 0 Å². The molecule has 0 N–H and O–H groups in total. The van der Waals surface area contributed by atoms with Gasteiger partial charge in [0, 0.05) is 12.4 Å². The zero-order valence-corrected chi connectivity index (χ0v) is 14.7. The summed E-state index contributed by atoms with van der Waals surface area (Å²) in [5, 5.41) is 0. The van der Waals surface area contributed by atoms with Crippen LogP contribution in [0.1, 0.15) is 5.56 Å². The number of benzene rings is 2. The average molecular weight is 374 g/mol. The summed E-state index contributed by atoms with van der Waals surface area (Å²) >= 11 is 0. The Morgan fingerprint density at radius 1 is 1.00 bits per heavy atom. The largest absolute Gasteiger partial charge is 0.264 e. The Kier molecular flexibility index (Phi) is 4.99. The number of aromatic nitrogens is 1. The molecule has 134 valence electrons. The van der Waals surface area contributed by atoms with Crippen molar-refractivity contribution in [2.24, 2.45) is 0 Å². The first-order valence-electron chi connectivity index (χ1n) is 7.77. The summed E-state index contributed by atoms with van der Waals surface area (Å²) < 4.78 is 53.1. The van der Waals surface area contributed by atoms with E-state index in [1.165, 1.54) is 42.6 Å². The molecule has 1 aromatic heterocycles. The van der Waals surface area contributed by atoms with Crippen molar-refractivity contribution in [2.75, 3.05) is 10.6 Å². The minimum absolute atomic E-state index is 0.0283. The van der Waals surface area contributed by atoms with Gasteiger partial charge in [0.25, 0.3) is 0 Å². The van der Waals surface area contributed by atoms with E-state index in [0.29, 0.717) is 16.7 Å². The average Bonchev–Trinajstić information content (AvgIpc) is 2.61. The standard InChI is InChI=1S/C19H16F2N2O2S/c1-26(24,25)23(13-14-3-2-10-22-12-14)19-9-6-16(11-18(19)21)15-4-7-17(20)8-5-15/h2-12H,13H2,1H3. The lowest BCUT2D eigenvalue weighted by atomic mass is 10.0. The topological polar surface area (TPSA) is 50.3 Å². The molecule has 0 unspecified atom stereocenters. The highest BCUT2D eigenvalue weighted by Crippen LogP contribution is 2.29. The third-order valence-electron chi connectivity index (χ3n) is 3.84. The van der Waals surface area contributed by atoms with Gasteiger partial charge >= 0.3 is 0 Å². The number of rotatable bonds is 5. The van der Waals surface area contributed by atoms with Crippen LogP contribution in [0.25, 0.3) is 11.1 Å². The summed E-state index contributed by atoms with van der Waals surface area (Å²) in [5.74, 6) is -1.06. The van der Waals surface area contributed by atoms with Crippen LogP contribution >= 0.6 is 0 Å². The Bertz CT molecular complexity index is 1010. The van der Waals surface area contributed by atoms with Crippen molar-refractivity contribution in [1.82, 2.24) is 4.98 Å². The van der Waals surface area contributed by atoms with Crippen LogP contribution in [-0.2, 0) is 16.6 Å². The maximum Gasteiger partial charge on any atom is 0.232 e. The van der Waals surface area contributed by atoms with Crippen molar-refractivity contribution < 1.29 is 17.2 Å². The lowest BCUT2D eigenvalue weighted by molar-refractivity contribution is 0.590. The highest BCUT2D eigenvalue weighted by Gasteiger charge is 2.21. The van der Waals surface area contributed by atoms with E-state index in [0.717, 1.165) is 10.6 Å². The fraction of sp³-hybridized carbons (Fsp3) is 0.105. The first kappa shape index (κ1) is 18.0. The van der Waals surface area contributed by atoms with Crippen LogP contribution in [-0.4, -0.2) is 19.7 Å². The Morgan fingerprint density at radius 3 is 2.27 bits per heavy atom. The van der Waals surface area contributed by atoms with E-state index < -0.39 is 15.8 Å². The quantitative estimate of drug-likeness (QED) is 0.678. The normalized spacial score (nSPS) is 11.3. The van der Waals surface area contributed by atoms with E-state index in [1.54, 1.807) is 24.4 Å². The smallest absolute Gasteiger partial charge is 0.232 e. The van der Waals surface area contributed by atoms with E-state index in [-0.39, 0.29) is 18.0 Å². The molecule has 0 aliphatic heterocycles. The fourth-order valence-electron chi connectivity index (χ4n) is 2.57. The molecule has 3 aromatic rings. The number of sulfonamides is 1. The van der Waals surface area contributed by atoms with E-state index >= 15 is 0 Å². The molecule has 0 atom stereocenters. The van der Waals surface area contributed by atoms with Gasteiger partial charge in [0.2, 0.25) is 10.0 Å². The van der Waals surface area contributed by atoms with E-state index in [2.05, 4.69) is 4.98 Å². The summed E-state index contributed by atoms with van der Waals surface area (Å²) in [7, 11) is -3.71. The van der Waals surface area contributed by atoms with Crippen molar-refractivity contribution in [3.63, 3.8) is 0 Å². The molecule has 0 amide bonds. The lowest BCUT2D eigenvalue weighted by Crippen LogP contribution is -2.30. The molecule has 0 aliphatic rings. The molecule has 7 heteroatoms. The lowest BCUT2D eigenvalue weighted by Gasteiger charge is -2.23. The van der Waals surface area contributed by atoms with Crippen LogP contribution in [0.5, 0.6) is 0 Å². The summed E-state index contributed by atoms with van der Waals surface area (Å²) in [6, 6.07) is 13.3. The summed E-state index contributed by atoms with van der Waals surface area (Å²) in [6.07, 6.45) is 4.13. The van der Waals surface area contributed by atoms with E-state index in [4.69, 9.17) is 0 Å². The van der Waals surface area contributed by atoms with Crippen molar-refractivity contribution in [3.8, 4) is 11.1 Å². The second-order valence-corrected chi connectivity index (χ2v) is 7.71. The van der Waals surface area contributed by atoms with Gasteiger partial charge in [-0.2, -0.15) is 0 Å². The first-order chi connectivity index (χ1) is 12.3. The van der Waals surface area contributed by atoms with Gasteiger partial charge in [-0.1, -0.05) is 24.3 Å². The molecule has 2 aromatic carbocycles. The van der Waals surface area contributed by atoms with Gasteiger partial charge in [-0.3, -0.25) is 9.29 Å². The van der Waals surface area contributed by atoms with E-state index in [9.17, 15) is 17.2 Å². The minimum atomic E-state index is -3.71. The summed E-state index contributed by atoms with van der Waals surface area (Å²) in [6.45, 7) is -0.0283. The van der Waals surface area contributed by atoms with Gasteiger partial charge in [-0.15, -0.1) is 0 Å². The molecule has 0 radical (unpaired) electrons. The van der Waals surface area contributed by atoms with Crippen molar-refractivity contribution in [2.45, 2.75) is 6.54 Å². The van der Waals surface area contributed by atoms with Crippen LogP contribution in [0, 0.1) is 11.6 Å². The maximum atomic E-state index is 14.7. The number of anilines is 1. The molecular weight excluding hydrogens is 358 g/mol. The minimum Gasteiger partial charge on any atom is -0.264 e. The molecule has 3 rings (SSSR count). The molecule has 26 heavy (non-hydrogen) atoms. The number of nitrogens with zero attached hydrogens (tertiary/aromatic N) is 2. The van der Waals surface area contributed by atoms with E-state index in [1.807, 2.05) is 0 Å². The van der Waals surface area contributed by atoms with Gasteiger partial charge in [0.1, 0.15) is 11.6 Å². The highest BCUT2D eigenvalue weighted by atomic mass is 32.2. The molecule has 0 fully saturated rings. The van der Waals surface area contributed by atoms with Crippen LogP contribution in [0.3, 0.4) is 0 Å². The molecule has 0 saturated carbocycles. The summed E-state index contributed by atoms with van der Waals surface area (Å²) in [5.41, 5.74) is 1.75. The van der Waals surface area contributed by atoms with Gasteiger partial charge in [-0.25, -0.2) is 17.2 Å². The predicted octanol–water partition coefficient (Wildman–Crippen LogP) is 3.99. The zero-order valence-electron chi connectivity index (χ0n) is 13.9. The Labute approximate surface area is 150 Å². The number of hydrogen-bond acceptors (Lipinski definition) is 3. The monoisotopic (exact) mass is 374 g/mol. The number of halogens is 2. The Hall–Kier alpha value is -2.80. The van der Waals surface area contributed by atoms with Crippen LogP contribution in [0.2, 0.25) is 0 Å². The van der Waals surface area contributed by atoms with Crippen molar-refractivity contribution >= 4 is 15.7 Å². The molecule has 0 aliphatic carbocycles. The van der Waals surface area contributed by atoms with Crippen LogP contribution < -0.4 is 4.31 Å². The first-order valence-corrected chi connectivity index (χ1v) is 9.61. The second kappa shape index (κ2) is 7.21. The molecule has 4 nitrogen and oxygen atoms in total. The third-order valence-corrected chi connectivity index (χ3v) is 4.97. The Balaban J connectivity index is 1.98. The van der Waals surface area contributed by atoms with Crippen molar-refractivity contribution in [1.29, 1.82) is 0 Å². The fourth-order valence-corrected chi connectivity index (χ4v) is 3.46. The maximum absolute atomic E-state index is 14.7. The second-order valence-electron chi connectivity index (χ2n) is 5.80. The molecule has 0 spiro atoms. The van der Waals surface area contributed by atoms with Crippen LogP contribution in [0.15, 0.2) is 67.0 Å². The molecule has 0 saturated heterocycles. The third kappa shape index (κ3) is 4.05. The number of pyridine rings is 1. The summed E-state index contributed by atoms with van der Waals surface area (Å²) in [4.78, 5) is 3.95. The number of hydrogen-bond donors (Lipinski definition) is 0. The van der Waals surface area contributed by atoms with Crippen LogP contribution in [0.4, 0.5) is 14.5 Å².